The third-order valence-corrected chi connectivity index (χ3v) is 9.05. The summed E-state index contributed by atoms with van der Waals surface area (Å²) in [6, 6.07) is 2.54. The molecule has 1 heterocycles. The summed E-state index contributed by atoms with van der Waals surface area (Å²) in [5, 5.41) is -0.567. The van der Waals surface area contributed by atoms with Gasteiger partial charge in [0.2, 0.25) is 15.9 Å². The van der Waals surface area contributed by atoms with Crippen LogP contribution < -0.4 is 0 Å². The average molecular weight is 493 g/mol. The molecule has 0 N–H and O–H groups in total. The van der Waals surface area contributed by atoms with Crippen molar-refractivity contribution in [3.05, 3.63) is 28.8 Å². The van der Waals surface area contributed by atoms with Crippen LogP contribution in [0.2, 0.25) is 5.02 Å². The Balaban J connectivity index is 1.42. The molecule has 32 heavy (non-hydrogen) atoms. The summed E-state index contributed by atoms with van der Waals surface area (Å²) in [6.07, 6.45) is -1.000. The number of hydrogen-bond acceptors (Lipinski definition) is 4. The van der Waals surface area contributed by atoms with Gasteiger partial charge in [0.05, 0.1) is 15.5 Å². The van der Waals surface area contributed by atoms with Crippen molar-refractivity contribution in [1.29, 1.82) is 0 Å². The fourth-order valence-corrected chi connectivity index (χ4v) is 6.79. The van der Waals surface area contributed by atoms with Crippen LogP contribution in [-0.4, -0.2) is 55.5 Å². The molecule has 1 saturated heterocycles. The Morgan fingerprint density at radius 2 is 1.62 bits per heavy atom. The van der Waals surface area contributed by atoms with Crippen LogP contribution in [-0.2, 0) is 25.8 Å². The van der Waals surface area contributed by atoms with Gasteiger partial charge in [-0.15, -0.1) is 0 Å². The molecule has 6 nitrogen and oxygen atoms in total. The highest BCUT2D eigenvalue weighted by Gasteiger charge is 2.43. The zero-order valence-electron chi connectivity index (χ0n) is 17.3. The topological polar surface area (TPSA) is 74.8 Å². The number of halogens is 4. The van der Waals surface area contributed by atoms with E-state index < -0.39 is 31.7 Å². The van der Waals surface area contributed by atoms with E-state index in [2.05, 4.69) is 0 Å². The number of amides is 1. The van der Waals surface area contributed by atoms with E-state index in [1.54, 1.807) is 4.90 Å². The molecule has 1 aliphatic heterocycles. The first-order valence-corrected chi connectivity index (χ1v) is 12.5. The number of sulfonamides is 1. The molecule has 0 aromatic heterocycles. The number of Topliss-reactive ketones (excluding diaryl/α,β-unsaturated/α-hetero) is 1. The summed E-state index contributed by atoms with van der Waals surface area (Å²) in [7, 11) is -4.16. The lowest BCUT2D eigenvalue weighted by Gasteiger charge is -2.40. The number of nitrogens with zero attached hydrogens (tertiary/aromatic N) is 2. The van der Waals surface area contributed by atoms with Gasteiger partial charge < -0.3 is 4.90 Å². The Labute approximate surface area is 189 Å². The van der Waals surface area contributed by atoms with E-state index in [1.165, 1.54) is 0 Å². The minimum absolute atomic E-state index is 0.00341. The van der Waals surface area contributed by atoms with E-state index in [4.69, 9.17) is 11.6 Å². The van der Waals surface area contributed by atoms with E-state index in [0.717, 1.165) is 35.7 Å². The van der Waals surface area contributed by atoms with Crippen molar-refractivity contribution in [3.63, 3.8) is 0 Å². The minimum atomic E-state index is -4.77. The normalized spacial score (nSPS) is 27.4. The maximum absolute atomic E-state index is 13.1. The second kappa shape index (κ2) is 8.61. The Morgan fingerprint density at radius 3 is 2.19 bits per heavy atom. The van der Waals surface area contributed by atoms with Crippen LogP contribution >= 0.6 is 11.6 Å². The van der Waals surface area contributed by atoms with Crippen molar-refractivity contribution in [1.82, 2.24) is 9.21 Å². The van der Waals surface area contributed by atoms with Gasteiger partial charge >= 0.3 is 6.18 Å². The SMILES string of the molecule is O=C1C2CCCC1CC(C(=O)N1CCN(S(=O)(=O)c3ccc(Cl)c(C(F)(F)F)c3)CC1)C2. The first-order valence-electron chi connectivity index (χ1n) is 10.7. The van der Waals surface area contributed by atoms with Crippen molar-refractivity contribution in [2.45, 2.75) is 43.2 Å². The summed E-state index contributed by atoms with van der Waals surface area (Å²) in [4.78, 5) is 26.4. The van der Waals surface area contributed by atoms with Gasteiger partial charge in [-0.05, 0) is 43.9 Å². The average Bonchev–Trinajstić information content (AvgIpc) is 2.72. The predicted octanol–water partition coefficient (Wildman–Crippen LogP) is 3.59. The Morgan fingerprint density at radius 1 is 1.03 bits per heavy atom. The van der Waals surface area contributed by atoms with Crippen molar-refractivity contribution < 1.29 is 31.2 Å². The molecule has 1 amide bonds. The third kappa shape index (κ3) is 4.41. The number of piperazine rings is 1. The lowest BCUT2D eigenvalue weighted by molar-refractivity contribution is -0.144. The van der Waals surface area contributed by atoms with Gasteiger partial charge in [0, 0.05) is 43.9 Å². The summed E-state index contributed by atoms with van der Waals surface area (Å²) < 4.78 is 66.3. The lowest BCUT2D eigenvalue weighted by atomic mass is 9.67. The van der Waals surface area contributed by atoms with E-state index in [9.17, 15) is 31.2 Å². The molecule has 4 rings (SSSR count). The molecule has 1 aromatic carbocycles. The molecule has 176 valence electrons. The van der Waals surface area contributed by atoms with E-state index in [-0.39, 0.29) is 55.6 Å². The highest BCUT2D eigenvalue weighted by Crippen LogP contribution is 2.41. The van der Waals surface area contributed by atoms with Crippen LogP contribution in [0.1, 0.15) is 37.7 Å². The van der Waals surface area contributed by atoms with Gasteiger partial charge in [0.1, 0.15) is 5.78 Å². The molecule has 2 unspecified atom stereocenters. The van der Waals surface area contributed by atoms with Crippen LogP contribution in [0.3, 0.4) is 0 Å². The zero-order valence-corrected chi connectivity index (χ0v) is 18.8. The number of alkyl halides is 3. The van der Waals surface area contributed by atoms with Crippen LogP contribution in [0.15, 0.2) is 23.1 Å². The van der Waals surface area contributed by atoms with Crippen molar-refractivity contribution >= 4 is 33.3 Å². The highest BCUT2D eigenvalue weighted by molar-refractivity contribution is 7.89. The number of fused-ring (bicyclic) bond motifs is 2. The number of rotatable bonds is 3. The van der Waals surface area contributed by atoms with Crippen LogP contribution in [0.4, 0.5) is 13.2 Å². The van der Waals surface area contributed by atoms with Crippen molar-refractivity contribution in [3.8, 4) is 0 Å². The molecule has 2 bridgehead atoms. The Hall–Kier alpha value is -1.65. The molecular weight excluding hydrogens is 469 g/mol. The number of hydrogen-bond donors (Lipinski definition) is 0. The summed E-state index contributed by atoms with van der Waals surface area (Å²) >= 11 is 5.59. The molecule has 3 aliphatic rings. The van der Waals surface area contributed by atoms with Gasteiger partial charge in [-0.2, -0.15) is 17.5 Å². The number of carbonyl (C=O) groups is 2. The lowest BCUT2D eigenvalue weighted by Crippen LogP contribution is -2.53. The second-order valence-corrected chi connectivity index (χ2v) is 11.1. The summed E-state index contributed by atoms with van der Waals surface area (Å²) in [5.74, 6) is -0.108. The number of carbonyl (C=O) groups excluding carboxylic acids is 2. The molecule has 2 aliphatic carbocycles. The van der Waals surface area contributed by atoms with Crippen LogP contribution in [0.5, 0.6) is 0 Å². The molecule has 1 aromatic rings. The molecule has 0 radical (unpaired) electrons. The standard InChI is InChI=1S/C21H24ClF3N2O4S/c22-18-5-4-16(12-17(18)21(23,24)25)32(30,31)27-8-6-26(7-9-27)20(29)15-10-13-2-1-3-14(11-15)19(13)28/h4-5,12-15H,1-3,6-11H2. The van der Waals surface area contributed by atoms with E-state index in [0.29, 0.717) is 18.9 Å². The van der Waals surface area contributed by atoms with Crippen LogP contribution in [0.25, 0.3) is 0 Å². The van der Waals surface area contributed by atoms with E-state index in [1.807, 2.05) is 0 Å². The quantitative estimate of drug-likeness (QED) is 0.646. The first-order chi connectivity index (χ1) is 15.0. The largest absolute Gasteiger partial charge is 0.417 e. The fraction of sp³-hybridized carbons (Fsp3) is 0.619. The van der Waals surface area contributed by atoms with Gasteiger partial charge in [-0.25, -0.2) is 8.42 Å². The predicted molar refractivity (Wildman–Crippen MR) is 110 cm³/mol. The molecular formula is C21H24ClF3N2O4S. The first kappa shape index (κ1) is 23.5. The Kier molecular flexibility index (Phi) is 6.32. The summed E-state index contributed by atoms with van der Waals surface area (Å²) in [6.45, 7) is 0.322. The van der Waals surface area contributed by atoms with Gasteiger partial charge in [0.25, 0.3) is 0 Å². The molecule has 2 saturated carbocycles. The fourth-order valence-electron chi connectivity index (χ4n) is 5.12. The number of benzene rings is 1. The van der Waals surface area contributed by atoms with Crippen molar-refractivity contribution in [2.75, 3.05) is 26.2 Å². The summed E-state index contributed by atoms with van der Waals surface area (Å²) in [5.41, 5.74) is -1.20. The Bertz CT molecular complexity index is 1010. The van der Waals surface area contributed by atoms with Crippen molar-refractivity contribution in [2.24, 2.45) is 17.8 Å². The molecule has 3 fully saturated rings. The maximum atomic E-state index is 13.1. The van der Waals surface area contributed by atoms with Gasteiger partial charge in [-0.3, -0.25) is 9.59 Å². The monoisotopic (exact) mass is 492 g/mol. The molecule has 2 atom stereocenters. The second-order valence-electron chi connectivity index (χ2n) is 8.76. The van der Waals surface area contributed by atoms with Crippen LogP contribution in [0, 0.1) is 17.8 Å². The van der Waals surface area contributed by atoms with Gasteiger partial charge in [-0.1, -0.05) is 18.0 Å². The molecule has 11 heteroatoms. The third-order valence-electron chi connectivity index (χ3n) is 6.83. The maximum Gasteiger partial charge on any atom is 0.417 e. The van der Waals surface area contributed by atoms with Gasteiger partial charge in [0.15, 0.2) is 0 Å². The molecule has 0 spiro atoms. The smallest absolute Gasteiger partial charge is 0.340 e. The number of ketones is 1. The zero-order chi connectivity index (χ0) is 23.3. The highest BCUT2D eigenvalue weighted by atomic mass is 35.5. The van der Waals surface area contributed by atoms with E-state index >= 15 is 0 Å². The minimum Gasteiger partial charge on any atom is -0.340 e.